The van der Waals surface area contributed by atoms with Crippen LogP contribution in [0.15, 0.2) is 109 Å². The van der Waals surface area contributed by atoms with Crippen LogP contribution in [0.2, 0.25) is 0 Å². The summed E-state index contributed by atoms with van der Waals surface area (Å²) in [6, 6.07) is 34.8. The Bertz CT molecular complexity index is 1250. The van der Waals surface area contributed by atoms with E-state index < -0.39 is 11.2 Å². The van der Waals surface area contributed by atoms with Crippen molar-refractivity contribution in [3.05, 3.63) is 137 Å². The van der Waals surface area contributed by atoms with Gasteiger partial charge in [0.25, 0.3) is 0 Å². The lowest BCUT2D eigenvalue weighted by molar-refractivity contribution is -0.113. The Labute approximate surface area is 213 Å². The lowest BCUT2D eigenvalue weighted by Crippen LogP contribution is -2.51. The van der Waals surface area contributed by atoms with E-state index in [9.17, 15) is 10.2 Å². The Morgan fingerprint density at radius 3 is 1.56 bits per heavy atom. The zero-order chi connectivity index (χ0) is 25.2. The minimum Gasteiger partial charge on any atom is -0.377 e. The van der Waals surface area contributed by atoms with Crippen molar-refractivity contribution in [2.24, 2.45) is 5.73 Å². The molecule has 4 nitrogen and oxygen atoms in total. The van der Waals surface area contributed by atoms with Gasteiger partial charge in [-0.1, -0.05) is 97.1 Å². The van der Waals surface area contributed by atoms with E-state index in [-0.39, 0.29) is 6.04 Å². The molecule has 0 amide bonds. The van der Waals surface area contributed by atoms with E-state index in [4.69, 9.17) is 5.73 Å². The molecule has 1 aliphatic rings. The van der Waals surface area contributed by atoms with Gasteiger partial charge in [0.1, 0.15) is 0 Å². The predicted octanol–water partition coefficient (Wildman–Crippen LogP) is 5.09. The molecule has 184 valence electrons. The molecular weight excluding hydrogens is 444 g/mol. The van der Waals surface area contributed by atoms with Gasteiger partial charge in [-0.15, -0.1) is 0 Å². The van der Waals surface area contributed by atoms with E-state index in [1.807, 2.05) is 104 Å². The molecular formula is C32H34N2O2. The van der Waals surface area contributed by atoms with Crippen molar-refractivity contribution in [2.45, 2.75) is 37.0 Å². The normalized spacial score (nSPS) is 16.5. The van der Waals surface area contributed by atoms with Crippen molar-refractivity contribution in [2.75, 3.05) is 18.0 Å². The van der Waals surface area contributed by atoms with Gasteiger partial charge in [-0.25, -0.2) is 0 Å². The summed E-state index contributed by atoms with van der Waals surface area (Å²) >= 11 is 0. The number of piperidine rings is 1. The van der Waals surface area contributed by atoms with Gasteiger partial charge in [-0.2, -0.15) is 0 Å². The highest BCUT2D eigenvalue weighted by atomic mass is 16.4. The molecule has 4 N–H and O–H groups in total. The highest BCUT2D eigenvalue weighted by Gasteiger charge is 2.54. The summed E-state index contributed by atoms with van der Waals surface area (Å²) in [5.74, 6) is 0. The van der Waals surface area contributed by atoms with Crippen LogP contribution >= 0.6 is 0 Å². The summed E-state index contributed by atoms with van der Waals surface area (Å²) in [7, 11) is 0. The molecule has 4 aromatic carbocycles. The second kappa shape index (κ2) is 9.90. The fourth-order valence-corrected chi connectivity index (χ4v) is 5.59. The molecule has 1 aliphatic heterocycles. The van der Waals surface area contributed by atoms with Crippen molar-refractivity contribution in [1.82, 2.24) is 0 Å². The van der Waals surface area contributed by atoms with Crippen molar-refractivity contribution < 1.29 is 10.2 Å². The number of anilines is 1. The van der Waals surface area contributed by atoms with E-state index in [0.29, 0.717) is 22.3 Å². The highest BCUT2D eigenvalue weighted by Crippen LogP contribution is 2.50. The van der Waals surface area contributed by atoms with Crippen LogP contribution in [0.3, 0.4) is 0 Å². The van der Waals surface area contributed by atoms with E-state index in [1.165, 1.54) is 0 Å². The second-order valence-corrected chi connectivity index (χ2v) is 9.84. The first kappa shape index (κ1) is 24.3. The third-order valence-electron chi connectivity index (χ3n) is 7.60. The first-order valence-corrected chi connectivity index (χ1v) is 12.7. The van der Waals surface area contributed by atoms with Crippen LogP contribution in [-0.2, 0) is 11.2 Å². The minimum atomic E-state index is -1.76. The molecule has 4 heteroatoms. The molecule has 1 heterocycles. The fourth-order valence-electron chi connectivity index (χ4n) is 5.59. The first-order chi connectivity index (χ1) is 17.4. The van der Waals surface area contributed by atoms with Crippen molar-refractivity contribution in [3.8, 4) is 0 Å². The van der Waals surface area contributed by atoms with Gasteiger partial charge in [0, 0.05) is 24.8 Å². The lowest BCUT2D eigenvalue weighted by Gasteiger charge is -2.46. The van der Waals surface area contributed by atoms with Gasteiger partial charge in [0.2, 0.25) is 0 Å². The number of aryl methyl sites for hydroxylation is 1. The van der Waals surface area contributed by atoms with Crippen LogP contribution in [0.5, 0.6) is 0 Å². The Hall–Kier alpha value is -3.44. The summed E-state index contributed by atoms with van der Waals surface area (Å²) in [6.45, 7) is 3.85. The van der Waals surface area contributed by atoms with Crippen LogP contribution in [0, 0.1) is 6.92 Å². The molecule has 0 saturated carbocycles. The second-order valence-electron chi connectivity index (χ2n) is 9.84. The maximum Gasteiger partial charge on any atom is 0.152 e. The predicted molar refractivity (Wildman–Crippen MR) is 146 cm³/mol. The van der Waals surface area contributed by atoms with E-state index in [0.717, 1.165) is 37.2 Å². The molecule has 1 saturated heterocycles. The van der Waals surface area contributed by atoms with Gasteiger partial charge in [0.15, 0.2) is 11.2 Å². The van der Waals surface area contributed by atoms with Crippen molar-refractivity contribution in [3.63, 3.8) is 0 Å². The van der Waals surface area contributed by atoms with Gasteiger partial charge in [-0.3, -0.25) is 0 Å². The minimum absolute atomic E-state index is 0.261. The number of hydrogen-bond acceptors (Lipinski definition) is 4. The van der Waals surface area contributed by atoms with Crippen LogP contribution in [0.4, 0.5) is 5.69 Å². The van der Waals surface area contributed by atoms with Gasteiger partial charge >= 0.3 is 0 Å². The molecule has 4 aromatic rings. The molecule has 0 aliphatic carbocycles. The first-order valence-electron chi connectivity index (χ1n) is 12.7. The summed E-state index contributed by atoms with van der Waals surface area (Å²) in [5.41, 5.74) is 7.18. The number of nitrogens with two attached hydrogens (primary N) is 1. The fraction of sp³-hybridized carbons (Fsp3) is 0.250. The molecule has 0 aromatic heterocycles. The zero-order valence-electron chi connectivity index (χ0n) is 20.7. The Balaban J connectivity index is 1.73. The van der Waals surface area contributed by atoms with E-state index >= 15 is 0 Å². The number of rotatable bonds is 6. The summed E-state index contributed by atoms with van der Waals surface area (Å²) < 4.78 is 0. The summed E-state index contributed by atoms with van der Waals surface area (Å²) in [4.78, 5) is 2.35. The average molecular weight is 479 g/mol. The largest absolute Gasteiger partial charge is 0.377 e. The van der Waals surface area contributed by atoms with Gasteiger partial charge < -0.3 is 20.8 Å². The van der Waals surface area contributed by atoms with Crippen molar-refractivity contribution in [1.29, 1.82) is 0 Å². The van der Waals surface area contributed by atoms with E-state index in [2.05, 4.69) is 17.0 Å². The standard InChI is InChI=1S/C32H34N2O2/c1-24-23-29(34-21-19-28(33)20-22-34)17-18-30(24)32(36,27-15-9-4-10-16-27)31(35,25-11-5-2-6-12-25)26-13-7-3-8-14-26/h2-18,23,28,35-36H,19-22,33H2,1H3. The molecule has 0 bridgehead atoms. The Morgan fingerprint density at radius 1 is 0.667 bits per heavy atom. The maximum absolute atomic E-state index is 12.9. The molecule has 0 spiro atoms. The number of nitrogens with zero attached hydrogens (tertiary/aromatic N) is 1. The van der Waals surface area contributed by atoms with Gasteiger partial charge in [-0.05, 0) is 59.7 Å². The molecule has 1 atom stereocenters. The number of benzene rings is 4. The van der Waals surface area contributed by atoms with Crippen LogP contribution in [-0.4, -0.2) is 29.3 Å². The third kappa shape index (κ3) is 4.11. The third-order valence-corrected chi connectivity index (χ3v) is 7.60. The number of hydrogen-bond donors (Lipinski definition) is 3. The van der Waals surface area contributed by atoms with Crippen molar-refractivity contribution >= 4 is 5.69 Å². The van der Waals surface area contributed by atoms with Gasteiger partial charge in [0.05, 0.1) is 0 Å². The summed E-state index contributed by atoms with van der Waals surface area (Å²) in [5, 5.41) is 25.7. The Morgan fingerprint density at radius 2 is 1.11 bits per heavy atom. The molecule has 36 heavy (non-hydrogen) atoms. The monoisotopic (exact) mass is 478 g/mol. The molecule has 1 fully saturated rings. The highest BCUT2D eigenvalue weighted by molar-refractivity contribution is 5.57. The van der Waals surface area contributed by atoms with Crippen LogP contribution in [0.1, 0.15) is 40.7 Å². The quantitative estimate of drug-likeness (QED) is 0.361. The smallest absolute Gasteiger partial charge is 0.152 e. The topological polar surface area (TPSA) is 69.7 Å². The summed E-state index contributed by atoms with van der Waals surface area (Å²) in [6.07, 6.45) is 1.94. The SMILES string of the molecule is Cc1cc(N2CCC(N)CC2)ccc1C(O)(c1ccccc1)C(O)(c1ccccc1)c1ccccc1. The lowest BCUT2D eigenvalue weighted by atomic mass is 9.65. The molecule has 0 radical (unpaired) electrons. The van der Waals surface area contributed by atoms with Crippen LogP contribution < -0.4 is 10.6 Å². The zero-order valence-corrected chi connectivity index (χ0v) is 20.7. The molecule has 5 rings (SSSR count). The van der Waals surface area contributed by atoms with E-state index in [1.54, 1.807) is 0 Å². The Kier molecular flexibility index (Phi) is 6.67. The van der Waals surface area contributed by atoms with Crippen LogP contribution in [0.25, 0.3) is 0 Å². The number of aliphatic hydroxyl groups is 2. The molecule has 1 unspecified atom stereocenters. The maximum atomic E-state index is 12.9. The average Bonchev–Trinajstić information content (AvgIpc) is 2.94.